The Bertz CT molecular complexity index is 513. The summed E-state index contributed by atoms with van der Waals surface area (Å²) in [5.74, 6) is 1.59. The molecule has 0 bridgehead atoms. The Morgan fingerprint density at radius 1 is 1.35 bits per heavy atom. The van der Waals surface area contributed by atoms with Crippen LogP contribution in [0.1, 0.15) is 12.7 Å². The van der Waals surface area contributed by atoms with Gasteiger partial charge >= 0.3 is 0 Å². The highest BCUT2D eigenvalue weighted by molar-refractivity contribution is 5.79. The smallest absolute Gasteiger partial charge is 0.191 e. The number of methoxy groups -OCH3 is 1. The molecule has 1 fully saturated rings. The van der Waals surface area contributed by atoms with E-state index in [4.69, 9.17) is 13.9 Å². The highest BCUT2D eigenvalue weighted by Crippen LogP contribution is 2.09. The number of guanidine groups is 1. The number of hydrogen-bond donors (Lipinski definition) is 3. The van der Waals surface area contributed by atoms with Gasteiger partial charge in [-0.15, -0.1) is 0 Å². The van der Waals surface area contributed by atoms with Crippen molar-refractivity contribution in [2.45, 2.75) is 18.9 Å². The van der Waals surface area contributed by atoms with Crippen molar-refractivity contribution < 1.29 is 19.0 Å². The predicted octanol–water partition coefficient (Wildman–Crippen LogP) is 0.0869. The molecule has 0 spiro atoms. The number of hydrogen-bond acceptors (Lipinski definition) is 6. The van der Waals surface area contributed by atoms with Crippen LogP contribution in [0.2, 0.25) is 0 Å². The monoisotopic (exact) mass is 368 g/mol. The Hall–Kier alpha value is -1.61. The first-order chi connectivity index (χ1) is 12.6. The summed E-state index contributed by atoms with van der Waals surface area (Å²) in [7, 11) is 1.66. The molecule has 1 aliphatic rings. The molecule has 148 valence electrons. The van der Waals surface area contributed by atoms with E-state index in [1.165, 1.54) is 0 Å². The number of morpholine rings is 1. The third-order valence-electron chi connectivity index (χ3n) is 4.09. The third-order valence-corrected chi connectivity index (χ3v) is 4.09. The van der Waals surface area contributed by atoms with E-state index in [1.54, 1.807) is 13.4 Å². The van der Waals surface area contributed by atoms with Gasteiger partial charge in [0, 0.05) is 46.3 Å². The molecule has 3 N–H and O–H groups in total. The summed E-state index contributed by atoms with van der Waals surface area (Å²) in [5.41, 5.74) is -0.895. The quantitative estimate of drug-likeness (QED) is 0.306. The fraction of sp³-hybridized carbons (Fsp3) is 0.722. The van der Waals surface area contributed by atoms with E-state index in [0.717, 1.165) is 38.5 Å². The topological polar surface area (TPSA) is 91.5 Å². The van der Waals surface area contributed by atoms with Crippen molar-refractivity contribution in [2.24, 2.45) is 4.99 Å². The number of rotatable bonds is 10. The molecule has 0 radical (unpaired) electrons. The van der Waals surface area contributed by atoms with Crippen molar-refractivity contribution in [3.63, 3.8) is 0 Å². The number of β-amino-alcohol motifs (C(OH)–C–C–N with tert-alkyl or cyclic N) is 1. The van der Waals surface area contributed by atoms with Crippen LogP contribution >= 0.6 is 0 Å². The average molecular weight is 368 g/mol. The van der Waals surface area contributed by atoms with Gasteiger partial charge in [0.25, 0.3) is 0 Å². The SMILES string of the molecule is COCCNC(=NCC(C)(O)CN1CCOCC1)NCCc1ccco1. The molecule has 1 aromatic rings. The summed E-state index contributed by atoms with van der Waals surface area (Å²) in [6.07, 6.45) is 2.44. The molecule has 1 saturated heterocycles. The summed E-state index contributed by atoms with van der Waals surface area (Å²) in [6, 6.07) is 3.83. The Balaban J connectivity index is 1.82. The van der Waals surface area contributed by atoms with Gasteiger partial charge in [-0.25, -0.2) is 0 Å². The summed E-state index contributed by atoms with van der Waals surface area (Å²) >= 11 is 0. The van der Waals surface area contributed by atoms with Gasteiger partial charge in [-0.05, 0) is 19.1 Å². The summed E-state index contributed by atoms with van der Waals surface area (Å²) < 4.78 is 15.8. The van der Waals surface area contributed by atoms with Crippen LogP contribution < -0.4 is 10.6 Å². The molecule has 0 saturated carbocycles. The van der Waals surface area contributed by atoms with Crippen LogP contribution in [0, 0.1) is 0 Å². The van der Waals surface area contributed by atoms with E-state index in [-0.39, 0.29) is 0 Å². The van der Waals surface area contributed by atoms with Gasteiger partial charge in [0.2, 0.25) is 0 Å². The van der Waals surface area contributed by atoms with E-state index in [9.17, 15) is 5.11 Å². The van der Waals surface area contributed by atoms with Crippen molar-refractivity contribution in [3.8, 4) is 0 Å². The Labute approximate surface area is 155 Å². The Morgan fingerprint density at radius 2 is 2.12 bits per heavy atom. The van der Waals surface area contributed by atoms with E-state index < -0.39 is 5.60 Å². The van der Waals surface area contributed by atoms with E-state index in [2.05, 4.69) is 20.5 Å². The molecule has 2 heterocycles. The zero-order valence-electron chi connectivity index (χ0n) is 15.9. The third kappa shape index (κ3) is 8.18. The summed E-state index contributed by atoms with van der Waals surface area (Å²) in [5, 5.41) is 17.2. The number of aliphatic hydroxyl groups is 1. The second kappa shape index (κ2) is 11.2. The standard InChI is InChI=1S/C18H32N4O4/c1-18(23,15-22-8-12-25-13-9-22)14-21-17(20-7-11-24-2)19-6-5-16-4-3-10-26-16/h3-4,10,23H,5-9,11-15H2,1-2H3,(H2,19,20,21). The molecule has 0 aromatic carbocycles. The highest BCUT2D eigenvalue weighted by Gasteiger charge is 2.25. The minimum atomic E-state index is -0.895. The van der Waals surface area contributed by atoms with Crippen LogP contribution in [0.15, 0.2) is 27.8 Å². The largest absolute Gasteiger partial charge is 0.469 e. The lowest BCUT2D eigenvalue weighted by Crippen LogP contribution is -2.48. The van der Waals surface area contributed by atoms with Crippen molar-refractivity contribution >= 4 is 5.96 Å². The Morgan fingerprint density at radius 3 is 2.81 bits per heavy atom. The lowest BCUT2D eigenvalue weighted by molar-refractivity contribution is -0.0180. The van der Waals surface area contributed by atoms with Crippen LogP contribution in [0.4, 0.5) is 0 Å². The van der Waals surface area contributed by atoms with Crippen molar-refractivity contribution in [1.29, 1.82) is 0 Å². The molecule has 1 aliphatic heterocycles. The lowest BCUT2D eigenvalue weighted by Gasteiger charge is -2.33. The molecule has 1 aromatic heterocycles. The molecular weight excluding hydrogens is 336 g/mol. The molecule has 26 heavy (non-hydrogen) atoms. The first-order valence-corrected chi connectivity index (χ1v) is 9.15. The van der Waals surface area contributed by atoms with Crippen LogP contribution in [0.25, 0.3) is 0 Å². The zero-order valence-corrected chi connectivity index (χ0v) is 15.9. The minimum Gasteiger partial charge on any atom is -0.469 e. The number of ether oxygens (including phenoxy) is 2. The van der Waals surface area contributed by atoms with E-state index >= 15 is 0 Å². The van der Waals surface area contributed by atoms with Crippen LogP contribution in [-0.4, -0.2) is 87.8 Å². The van der Waals surface area contributed by atoms with Crippen molar-refractivity contribution in [1.82, 2.24) is 15.5 Å². The average Bonchev–Trinajstić information content (AvgIpc) is 3.13. The van der Waals surface area contributed by atoms with Gasteiger partial charge < -0.3 is 29.6 Å². The fourth-order valence-corrected chi connectivity index (χ4v) is 2.75. The van der Waals surface area contributed by atoms with Crippen molar-refractivity contribution in [2.75, 3.05) is 66.2 Å². The second-order valence-electron chi connectivity index (χ2n) is 6.73. The van der Waals surface area contributed by atoms with Gasteiger partial charge in [0.15, 0.2) is 5.96 Å². The van der Waals surface area contributed by atoms with Crippen LogP contribution in [0.5, 0.6) is 0 Å². The first-order valence-electron chi connectivity index (χ1n) is 9.15. The molecule has 8 nitrogen and oxygen atoms in total. The maximum Gasteiger partial charge on any atom is 0.191 e. The predicted molar refractivity (Wildman–Crippen MR) is 100 cm³/mol. The zero-order chi connectivity index (χ0) is 18.7. The normalized spacial score (nSPS) is 18.5. The fourth-order valence-electron chi connectivity index (χ4n) is 2.75. The first kappa shape index (κ1) is 20.7. The summed E-state index contributed by atoms with van der Waals surface area (Å²) in [4.78, 5) is 6.76. The number of nitrogens with one attached hydrogen (secondary N) is 2. The van der Waals surface area contributed by atoms with Crippen molar-refractivity contribution in [3.05, 3.63) is 24.2 Å². The van der Waals surface area contributed by atoms with Gasteiger partial charge in [-0.2, -0.15) is 0 Å². The minimum absolute atomic E-state index is 0.313. The molecule has 1 atom stereocenters. The van der Waals surface area contributed by atoms with Gasteiger partial charge in [-0.1, -0.05) is 0 Å². The molecule has 0 amide bonds. The van der Waals surface area contributed by atoms with Gasteiger partial charge in [0.05, 0.1) is 38.2 Å². The Kier molecular flexibility index (Phi) is 8.90. The number of nitrogens with zero attached hydrogens (tertiary/aromatic N) is 2. The van der Waals surface area contributed by atoms with Crippen LogP contribution in [0.3, 0.4) is 0 Å². The molecule has 0 aliphatic carbocycles. The molecule has 2 rings (SSSR count). The molecule has 1 unspecified atom stereocenters. The van der Waals surface area contributed by atoms with Crippen LogP contribution in [-0.2, 0) is 15.9 Å². The lowest BCUT2D eigenvalue weighted by atomic mass is 10.1. The van der Waals surface area contributed by atoms with Gasteiger partial charge in [-0.3, -0.25) is 9.89 Å². The van der Waals surface area contributed by atoms with E-state index in [0.29, 0.717) is 38.7 Å². The maximum atomic E-state index is 10.7. The second-order valence-corrected chi connectivity index (χ2v) is 6.73. The molecular formula is C18H32N4O4. The highest BCUT2D eigenvalue weighted by atomic mass is 16.5. The number of furan rings is 1. The maximum absolute atomic E-state index is 10.7. The van der Waals surface area contributed by atoms with Gasteiger partial charge in [0.1, 0.15) is 5.76 Å². The summed E-state index contributed by atoms with van der Waals surface area (Å²) in [6.45, 7) is 7.78. The van der Waals surface area contributed by atoms with E-state index in [1.807, 2.05) is 19.1 Å². The molecule has 8 heteroatoms. The number of aliphatic imine (C=N–C) groups is 1.